The number of sulfone groups is 1. The fraction of sp³-hybridized carbons (Fsp3) is 0.0769. The fourth-order valence-electron chi connectivity index (χ4n) is 1.66. The summed E-state index contributed by atoms with van der Waals surface area (Å²) in [5, 5.41) is 10.7. The molecule has 0 fully saturated rings. The number of hydrogen-bond donors (Lipinski definition) is 0. The van der Waals surface area contributed by atoms with Gasteiger partial charge < -0.3 is 4.74 Å². The maximum atomic E-state index is 13.5. The van der Waals surface area contributed by atoms with Crippen LogP contribution in [0.15, 0.2) is 41.3 Å². The second kappa shape index (κ2) is 5.68. The molecule has 6 nitrogen and oxygen atoms in total. The van der Waals surface area contributed by atoms with E-state index in [-0.39, 0.29) is 5.75 Å². The molecular weight excluding hydrogens is 320 g/mol. The normalized spacial score (nSPS) is 11.2. The highest BCUT2D eigenvalue weighted by Crippen LogP contribution is 2.33. The Morgan fingerprint density at radius 1 is 1.09 bits per heavy atom. The molecule has 2 rings (SSSR count). The molecule has 0 amide bonds. The van der Waals surface area contributed by atoms with Crippen LogP contribution in [0, 0.1) is 21.7 Å². The first-order chi connectivity index (χ1) is 10.2. The number of non-ortho nitro benzene ring substituents is 1. The number of hydrogen-bond acceptors (Lipinski definition) is 5. The van der Waals surface area contributed by atoms with E-state index in [2.05, 4.69) is 0 Å². The van der Waals surface area contributed by atoms with Crippen molar-refractivity contribution < 1.29 is 26.9 Å². The summed E-state index contributed by atoms with van der Waals surface area (Å²) < 4.78 is 55.1. The van der Waals surface area contributed by atoms with Crippen molar-refractivity contribution in [1.82, 2.24) is 0 Å². The van der Waals surface area contributed by atoms with E-state index in [0.717, 1.165) is 42.7 Å². The number of rotatable bonds is 4. The molecule has 0 aliphatic rings. The van der Waals surface area contributed by atoms with Crippen molar-refractivity contribution >= 4 is 15.5 Å². The first-order valence-electron chi connectivity index (χ1n) is 5.80. The Hall–Kier alpha value is -2.55. The predicted molar refractivity (Wildman–Crippen MR) is 72.6 cm³/mol. The summed E-state index contributed by atoms with van der Waals surface area (Å²) in [5.74, 6) is -2.55. The second-order valence-corrected chi connectivity index (χ2v) is 6.32. The lowest BCUT2D eigenvalue weighted by Gasteiger charge is -2.10. The molecule has 0 aliphatic carbocycles. The minimum absolute atomic E-state index is 0.336. The van der Waals surface area contributed by atoms with Crippen molar-refractivity contribution in [3.8, 4) is 11.5 Å². The summed E-state index contributed by atoms with van der Waals surface area (Å²) in [5.41, 5.74) is -0.465. The van der Waals surface area contributed by atoms with Gasteiger partial charge in [-0.2, -0.15) is 0 Å². The van der Waals surface area contributed by atoms with Gasteiger partial charge in [-0.05, 0) is 18.2 Å². The van der Waals surface area contributed by atoms with Crippen LogP contribution in [-0.4, -0.2) is 19.6 Å². The third-order valence-electron chi connectivity index (χ3n) is 2.65. The Morgan fingerprint density at radius 2 is 1.77 bits per heavy atom. The first kappa shape index (κ1) is 15.8. The van der Waals surface area contributed by atoms with E-state index in [1.165, 1.54) is 0 Å². The summed E-state index contributed by atoms with van der Waals surface area (Å²) in [6, 6.07) is 5.23. The Morgan fingerprint density at radius 3 is 2.36 bits per heavy atom. The topological polar surface area (TPSA) is 86.5 Å². The number of ether oxygens (including phenoxy) is 1. The lowest BCUT2D eigenvalue weighted by atomic mass is 10.3. The molecule has 2 aromatic rings. The summed E-state index contributed by atoms with van der Waals surface area (Å²) in [4.78, 5) is 9.44. The van der Waals surface area contributed by atoms with Gasteiger partial charge in [0.15, 0.2) is 21.4 Å². The molecule has 0 unspecified atom stereocenters. The van der Waals surface area contributed by atoms with Gasteiger partial charge in [0.1, 0.15) is 16.5 Å². The molecule has 22 heavy (non-hydrogen) atoms. The van der Waals surface area contributed by atoms with E-state index in [4.69, 9.17) is 4.74 Å². The molecule has 0 aromatic heterocycles. The lowest BCUT2D eigenvalue weighted by Crippen LogP contribution is -2.02. The zero-order valence-corrected chi connectivity index (χ0v) is 11.9. The van der Waals surface area contributed by atoms with E-state index in [1.807, 2.05) is 0 Å². The van der Waals surface area contributed by atoms with E-state index < -0.39 is 42.7 Å². The van der Waals surface area contributed by atoms with E-state index >= 15 is 0 Å². The zero-order valence-electron chi connectivity index (χ0n) is 11.1. The van der Waals surface area contributed by atoms with Crippen molar-refractivity contribution in [3.63, 3.8) is 0 Å². The predicted octanol–water partition coefficient (Wildman–Crippen LogP) is 3.07. The highest BCUT2D eigenvalue weighted by Gasteiger charge is 2.21. The van der Waals surface area contributed by atoms with Crippen LogP contribution in [0.3, 0.4) is 0 Å². The third kappa shape index (κ3) is 3.37. The molecule has 0 spiro atoms. The van der Waals surface area contributed by atoms with Gasteiger partial charge in [-0.15, -0.1) is 0 Å². The third-order valence-corrected chi connectivity index (χ3v) is 3.77. The van der Waals surface area contributed by atoms with Crippen LogP contribution in [0.25, 0.3) is 0 Å². The number of nitro groups is 1. The molecule has 0 bridgehead atoms. The quantitative estimate of drug-likeness (QED) is 0.635. The molecule has 0 atom stereocenters. The number of nitrogens with zero attached hydrogens (tertiary/aromatic N) is 1. The summed E-state index contributed by atoms with van der Waals surface area (Å²) in [7, 11) is -3.88. The summed E-state index contributed by atoms with van der Waals surface area (Å²) >= 11 is 0. The minimum Gasteiger partial charge on any atom is -0.453 e. The Labute approximate surface area is 124 Å². The van der Waals surface area contributed by atoms with Crippen molar-refractivity contribution in [2.45, 2.75) is 4.90 Å². The average Bonchev–Trinajstić information content (AvgIpc) is 2.42. The summed E-state index contributed by atoms with van der Waals surface area (Å²) in [6.45, 7) is 0. The largest absolute Gasteiger partial charge is 0.453 e. The molecule has 0 saturated carbocycles. The second-order valence-electron chi connectivity index (χ2n) is 4.34. The van der Waals surface area contributed by atoms with Gasteiger partial charge in [0.2, 0.25) is 0 Å². The minimum atomic E-state index is -3.88. The van der Waals surface area contributed by atoms with Crippen LogP contribution in [0.4, 0.5) is 14.5 Å². The molecule has 0 N–H and O–H groups in total. The van der Waals surface area contributed by atoms with E-state index in [0.29, 0.717) is 0 Å². The smallest absolute Gasteiger partial charge is 0.271 e. The van der Waals surface area contributed by atoms with Crippen molar-refractivity contribution in [2.75, 3.05) is 6.26 Å². The van der Waals surface area contributed by atoms with Gasteiger partial charge in [-0.1, -0.05) is 0 Å². The molecule has 116 valence electrons. The Bertz CT molecular complexity index is 852. The van der Waals surface area contributed by atoms with Crippen molar-refractivity contribution in [3.05, 3.63) is 58.1 Å². The fourth-order valence-corrected chi connectivity index (χ4v) is 2.47. The van der Waals surface area contributed by atoms with Gasteiger partial charge in [0, 0.05) is 24.5 Å². The number of benzene rings is 2. The first-order valence-corrected chi connectivity index (χ1v) is 7.69. The van der Waals surface area contributed by atoms with Gasteiger partial charge in [0.05, 0.1) is 4.92 Å². The van der Waals surface area contributed by atoms with Crippen LogP contribution in [0.5, 0.6) is 11.5 Å². The van der Waals surface area contributed by atoms with Gasteiger partial charge in [-0.3, -0.25) is 10.1 Å². The molecule has 9 heteroatoms. The average molecular weight is 329 g/mol. The van der Waals surface area contributed by atoms with Crippen LogP contribution < -0.4 is 4.74 Å². The molecule has 0 aliphatic heterocycles. The van der Waals surface area contributed by atoms with E-state index in [1.54, 1.807) is 0 Å². The maximum Gasteiger partial charge on any atom is 0.271 e. The number of nitro benzene ring substituents is 1. The maximum absolute atomic E-state index is 13.5. The Balaban J connectivity index is 2.55. The van der Waals surface area contributed by atoms with Crippen LogP contribution in [0.1, 0.15) is 0 Å². The monoisotopic (exact) mass is 329 g/mol. The molecule has 2 aromatic carbocycles. The van der Waals surface area contributed by atoms with Gasteiger partial charge >= 0.3 is 0 Å². The molecule has 0 radical (unpaired) electrons. The molecular formula is C13H9F2NO5S. The van der Waals surface area contributed by atoms with Crippen LogP contribution >= 0.6 is 0 Å². The van der Waals surface area contributed by atoms with Crippen LogP contribution in [0.2, 0.25) is 0 Å². The number of halogens is 2. The van der Waals surface area contributed by atoms with Gasteiger partial charge in [0.25, 0.3) is 5.69 Å². The van der Waals surface area contributed by atoms with Crippen molar-refractivity contribution in [1.29, 1.82) is 0 Å². The molecule has 0 saturated heterocycles. The van der Waals surface area contributed by atoms with Crippen LogP contribution in [-0.2, 0) is 9.84 Å². The molecule has 0 heterocycles. The standard InChI is InChI=1S/C13H9F2NO5S/c1-22(19,20)13-7-9(16(17)18)3-5-11(13)21-12-6-8(14)2-4-10(12)15/h2-7H,1H3. The highest BCUT2D eigenvalue weighted by atomic mass is 32.2. The SMILES string of the molecule is CS(=O)(=O)c1cc([N+](=O)[O-])ccc1Oc1cc(F)ccc1F. The van der Waals surface area contributed by atoms with E-state index in [9.17, 15) is 27.3 Å². The summed E-state index contributed by atoms with van der Waals surface area (Å²) in [6.07, 6.45) is 0.820. The highest BCUT2D eigenvalue weighted by molar-refractivity contribution is 7.90. The lowest BCUT2D eigenvalue weighted by molar-refractivity contribution is -0.385. The van der Waals surface area contributed by atoms with Crippen molar-refractivity contribution in [2.24, 2.45) is 0 Å². The van der Waals surface area contributed by atoms with Gasteiger partial charge in [-0.25, -0.2) is 17.2 Å². The zero-order chi connectivity index (χ0) is 16.5. The Kier molecular flexibility index (Phi) is 4.09.